The van der Waals surface area contributed by atoms with Crippen molar-refractivity contribution in [2.24, 2.45) is 0 Å². The summed E-state index contributed by atoms with van der Waals surface area (Å²) in [6.45, 7) is 5.66. The van der Waals surface area contributed by atoms with E-state index in [0.29, 0.717) is 10.6 Å². The molecule has 0 saturated heterocycles. The van der Waals surface area contributed by atoms with Crippen LogP contribution in [0, 0.1) is 6.92 Å². The van der Waals surface area contributed by atoms with Crippen molar-refractivity contribution in [2.45, 2.75) is 43.9 Å². The number of aryl methyl sites for hydroxylation is 1. The predicted molar refractivity (Wildman–Crippen MR) is 75.0 cm³/mol. The molecular formula is C12H19NO4S2. The SMILES string of the molecule is Cc1ccc(S(=O)(=O)N(CCCC(=O)O)C(C)C)s1. The largest absolute Gasteiger partial charge is 0.481 e. The Kier molecular flexibility index (Phi) is 5.51. The summed E-state index contributed by atoms with van der Waals surface area (Å²) < 4.78 is 26.6. The third-order valence-electron chi connectivity index (χ3n) is 2.62. The fourth-order valence-electron chi connectivity index (χ4n) is 1.71. The fraction of sp³-hybridized carbons (Fsp3) is 0.583. The average Bonchev–Trinajstić information content (AvgIpc) is 2.70. The smallest absolute Gasteiger partial charge is 0.303 e. The molecule has 0 unspecified atom stereocenters. The Morgan fingerprint density at radius 2 is 2.05 bits per heavy atom. The number of carbonyl (C=O) groups is 1. The molecule has 0 bridgehead atoms. The molecule has 0 aromatic carbocycles. The molecule has 108 valence electrons. The van der Waals surface area contributed by atoms with Crippen LogP contribution in [-0.2, 0) is 14.8 Å². The number of rotatable bonds is 7. The van der Waals surface area contributed by atoms with Gasteiger partial charge in [0, 0.05) is 23.9 Å². The van der Waals surface area contributed by atoms with E-state index in [1.165, 1.54) is 15.6 Å². The molecule has 0 fully saturated rings. The lowest BCUT2D eigenvalue weighted by Crippen LogP contribution is -2.37. The van der Waals surface area contributed by atoms with Crippen LogP contribution in [0.1, 0.15) is 31.6 Å². The second-order valence-corrected chi connectivity index (χ2v) is 7.98. The first kappa shape index (κ1) is 16.1. The topological polar surface area (TPSA) is 74.7 Å². The van der Waals surface area contributed by atoms with E-state index in [-0.39, 0.29) is 19.0 Å². The summed E-state index contributed by atoms with van der Waals surface area (Å²) in [6, 6.07) is 3.18. The Morgan fingerprint density at radius 1 is 1.42 bits per heavy atom. The highest BCUT2D eigenvalue weighted by atomic mass is 32.2. The van der Waals surface area contributed by atoms with Crippen LogP contribution in [0.3, 0.4) is 0 Å². The Morgan fingerprint density at radius 3 is 2.47 bits per heavy atom. The van der Waals surface area contributed by atoms with E-state index in [0.717, 1.165) is 4.88 Å². The van der Waals surface area contributed by atoms with Crippen LogP contribution in [0.25, 0.3) is 0 Å². The first-order chi connectivity index (χ1) is 8.75. The van der Waals surface area contributed by atoms with E-state index in [9.17, 15) is 13.2 Å². The molecule has 1 aromatic rings. The first-order valence-corrected chi connectivity index (χ1v) is 8.31. The number of carboxylic acid groups (broad SMARTS) is 1. The fourth-order valence-corrected chi connectivity index (χ4v) is 4.80. The van der Waals surface area contributed by atoms with E-state index >= 15 is 0 Å². The van der Waals surface area contributed by atoms with E-state index in [1.807, 2.05) is 6.92 Å². The molecule has 0 aliphatic rings. The third-order valence-corrected chi connectivity index (χ3v) is 6.17. The molecule has 1 aromatic heterocycles. The van der Waals surface area contributed by atoms with Crippen LogP contribution in [0.5, 0.6) is 0 Å². The van der Waals surface area contributed by atoms with Gasteiger partial charge >= 0.3 is 5.97 Å². The molecule has 1 N–H and O–H groups in total. The van der Waals surface area contributed by atoms with E-state index in [2.05, 4.69) is 0 Å². The first-order valence-electron chi connectivity index (χ1n) is 6.05. The number of thiophene rings is 1. The van der Waals surface area contributed by atoms with Crippen LogP contribution in [0.4, 0.5) is 0 Å². The van der Waals surface area contributed by atoms with Gasteiger partial charge in [-0.3, -0.25) is 4.79 Å². The lowest BCUT2D eigenvalue weighted by molar-refractivity contribution is -0.137. The predicted octanol–water partition coefficient (Wildman–Crippen LogP) is 2.32. The highest BCUT2D eigenvalue weighted by Crippen LogP contribution is 2.25. The number of hydrogen-bond donors (Lipinski definition) is 1. The summed E-state index contributed by atoms with van der Waals surface area (Å²) >= 11 is 1.23. The van der Waals surface area contributed by atoms with Crippen LogP contribution >= 0.6 is 11.3 Å². The lowest BCUT2D eigenvalue weighted by atomic mass is 10.3. The van der Waals surface area contributed by atoms with Crippen molar-refractivity contribution in [3.8, 4) is 0 Å². The van der Waals surface area contributed by atoms with Gasteiger partial charge in [0.15, 0.2) is 0 Å². The van der Waals surface area contributed by atoms with Gasteiger partial charge in [0.05, 0.1) is 0 Å². The molecule has 1 heterocycles. The van der Waals surface area contributed by atoms with Gasteiger partial charge in [-0.25, -0.2) is 8.42 Å². The van der Waals surface area contributed by atoms with Gasteiger partial charge in [-0.2, -0.15) is 4.31 Å². The zero-order chi connectivity index (χ0) is 14.6. The molecule has 0 radical (unpaired) electrons. The molecule has 7 heteroatoms. The minimum absolute atomic E-state index is 0.0256. The summed E-state index contributed by atoms with van der Waals surface area (Å²) in [4.78, 5) is 11.4. The molecule has 0 aliphatic heterocycles. The van der Waals surface area contributed by atoms with Crippen molar-refractivity contribution in [1.82, 2.24) is 4.31 Å². The maximum atomic E-state index is 12.5. The van der Waals surface area contributed by atoms with Gasteiger partial charge in [0.2, 0.25) is 0 Å². The number of nitrogens with zero attached hydrogens (tertiary/aromatic N) is 1. The van der Waals surface area contributed by atoms with Crippen molar-refractivity contribution in [2.75, 3.05) is 6.54 Å². The van der Waals surface area contributed by atoms with Crippen LogP contribution in [0.2, 0.25) is 0 Å². The number of carboxylic acids is 1. The van der Waals surface area contributed by atoms with Gasteiger partial charge in [0.25, 0.3) is 10.0 Å². The molecule has 0 aliphatic carbocycles. The van der Waals surface area contributed by atoms with Gasteiger partial charge in [-0.15, -0.1) is 11.3 Å². The standard InChI is InChI=1S/C12H19NO4S2/c1-9(2)13(8-4-5-11(14)15)19(16,17)12-7-6-10(3)18-12/h6-7,9H,4-5,8H2,1-3H3,(H,14,15). The minimum atomic E-state index is -3.52. The van der Waals surface area contributed by atoms with Crippen molar-refractivity contribution in [1.29, 1.82) is 0 Å². The van der Waals surface area contributed by atoms with Gasteiger partial charge in [-0.05, 0) is 39.3 Å². The minimum Gasteiger partial charge on any atom is -0.481 e. The monoisotopic (exact) mass is 305 g/mol. The van der Waals surface area contributed by atoms with Crippen LogP contribution < -0.4 is 0 Å². The van der Waals surface area contributed by atoms with Crippen molar-refractivity contribution >= 4 is 27.3 Å². The maximum absolute atomic E-state index is 12.5. The Bertz CT molecular complexity index is 534. The van der Waals surface area contributed by atoms with Gasteiger partial charge in [-0.1, -0.05) is 0 Å². The highest BCUT2D eigenvalue weighted by molar-refractivity contribution is 7.91. The molecule has 0 atom stereocenters. The molecule has 1 rings (SSSR count). The number of hydrogen-bond acceptors (Lipinski definition) is 4. The molecule has 0 spiro atoms. The van der Waals surface area contributed by atoms with E-state index < -0.39 is 16.0 Å². The summed E-state index contributed by atoms with van der Waals surface area (Å²) in [5.41, 5.74) is 0. The number of sulfonamides is 1. The highest BCUT2D eigenvalue weighted by Gasteiger charge is 2.27. The molecule has 0 amide bonds. The average molecular weight is 305 g/mol. The third kappa shape index (κ3) is 4.29. The maximum Gasteiger partial charge on any atom is 0.303 e. The second-order valence-electron chi connectivity index (χ2n) is 4.57. The van der Waals surface area contributed by atoms with Crippen molar-refractivity contribution < 1.29 is 18.3 Å². The van der Waals surface area contributed by atoms with Gasteiger partial charge < -0.3 is 5.11 Å². The lowest BCUT2D eigenvalue weighted by Gasteiger charge is -2.24. The van der Waals surface area contributed by atoms with Crippen LogP contribution in [-0.4, -0.2) is 36.4 Å². The quantitative estimate of drug-likeness (QED) is 0.839. The normalized spacial score (nSPS) is 12.3. The Hall–Kier alpha value is -0.920. The Labute approximate surface area is 117 Å². The van der Waals surface area contributed by atoms with Crippen LogP contribution in [0.15, 0.2) is 16.3 Å². The molecular weight excluding hydrogens is 286 g/mol. The summed E-state index contributed by atoms with van der Waals surface area (Å²) in [7, 11) is -3.52. The molecule has 5 nitrogen and oxygen atoms in total. The Balaban J connectivity index is 2.89. The summed E-state index contributed by atoms with van der Waals surface area (Å²) in [5, 5.41) is 8.62. The van der Waals surface area contributed by atoms with Crippen molar-refractivity contribution in [3.63, 3.8) is 0 Å². The van der Waals surface area contributed by atoms with Crippen molar-refractivity contribution in [3.05, 3.63) is 17.0 Å². The summed E-state index contributed by atoms with van der Waals surface area (Å²) in [6.07, 6.45) is 0.291. The van der Waals surface area contributed by atoms with E-state index in [1.54, 1.807) is 26.0 Å². The molecule has 0 saturated carbocycles. The summed E-state index contributed by atoms with van der Waals surface area (Å²) in [5.74, 6) is -0.909. The van der Waals surface area contributed by atoms with E-state index in [4.69, 9.17) is 5.11 Å². The zero-order valence-electron chi connectivity index (χ0n) is 11.3. The second kappa shape index (κ2) is 6.49. The van der Waals surface area contributed by atoms with Gasteiger partial charge in [0.1, 0.15) is 4.21 Å². The number of aliphatic carboxylic acids is 1. The zero-order valence-corrected chi connectivity index (χ0v) is 12.9. The molecule has 19 heavy (non-hydrogen) atoms.